The standard InChI is InChI=1S/C27H30N2O4S/c1-19-16-20(2)26(21(3)17-19)34(31,32)29-15-7-8-22(18-29)27(30)28-23-11-13-25(14-12-23)33-24-9-5-4-6-10-24/h4-6,9-14,16-17,22H,7-8,15,18H2,1-3H3,(H,28,30)/t22-/m0/s1. The van der Waals surface area contributed by atoms with E-state index in [1.807, 2.05) is 63.2 Å². The van der Waals surface area contributed by atoms with E-state index in [1.165, 1.54) is 4.31 Å². The molecule has 1 aliphatic rings. The number of para-hydroxylation sites is 1. The molecule has 0 spiro atoms. The van der Waals surface area contributed by atoms with Gasteiger partial charge in [-0.1, -0.05) is 35.9 Å². The average molecular weight is 479 g/mol. The zero-order valence-electron chi connectivity index (χ0n) is 19.7. The number of rotatable bonds is 6. The average Bonchev–Trinajstić information content (AvgIpc) is 2.80. The number of hydrogen-bond acceptors (Lipinski definition) is 4. The Morgan fingerprint density at radius 2 is 1.56 bits per heavy atom. The van der Waals surface area contributed by atoms with Crippen LogP contribution >= 0.6 is 0 Å². The topological polar surface area (TPSA) is 75.7 Å². The summed E-state index contributed by atoms with van der Waals surface area (Å²) in [6, 6.07) is 20.4. The van der Waals surface area contributed by atoms with Crippen LogP contribution < -0.4 is 10.1 Å². The van der Waals surface area contributed by atoms with Crippen molar-refractivity contribution >= 4 is 21.6 Å². The van der Waals surface area contributed by atoms with Crippen LogP contribution in [0.3, 0.4) is 0 Å². The van der Waals surface area contributed by atoms with Crippen LogP contribution in [-0.2, 0) is 14.8 Å². The van der Waals surface area contributed by atoms with E-state index >= 15 is 0 Å². The van der Waals surface area contributed by atoms with Crippen molar-refractivity contribution < 1.29 is 17.9 Å². The third-order valence-corrected chi connectivity index (χ3v) is 8.23. The van der Waals surface area contributed by atoms with Gasteiger partial charge in [-0.3, -0.25) is 4.79 Å². The molecule has 6 nitrogen and oxygen atoms in total. The number of nitrogens with one attached hydrogen (secondary N) is 1. The highest BCUT2D eigenvalue weighted by atomic mass is 32.2. The quantitative estimate of drug-likeness (QED) is 0.512. The van der Waals surface area contributed by atoms with Crippen molar-refractivity contribution in [2.45, 2.75) is 38.5 Å². The number of aryl methyl sites for hydroxylation is 3. The number of amides is 1. The fraction of sp³-hybridized carbons (Fsp3) is 0.296. The maximum atomic E-state index is 13.4. The summed E-state index contributed by atoms with van der Waals surface area (Å²) in [4.78, 5) is 13.3. The minimum Gasteiger partial charge on any atom is -0.457 e. The Bertz CT molecular complexity index is 1250. The van der Waals surface area contributed by atoms with Crippen LogP contribution in [0.5, 0.6) is 11.5 Å². The van der Waals surface area contributed by atoms with Gasteiger partial charge in [-0.25, -0.2) is 8.42 Å². The van der Waals surface area contributed by atoms with Crippen molar-refractivity contribution in [1.82, 2.24) is 4.31 Å². The molecule has 34 heavy (non-hydrogen) atoms. The lowest BCUT2D eigenvalue weighted by Gasteiger charge is -2.32. The number of anilines is 1. The summed E-state index contributed by atoms with van der Waals surface area (Å²) in [7, 11) is -3.68. The second-order valence-electron chi connectivity index (χ2n) is 8.86. The number of ether oxygens (including phenoxy) is 1. The first-order chi connectivity index (χ1) is 16.2. The molecule has 3 aromatic carbocycles. The molecule has 0 saturated carbocycles. The van der Waals surface area contributed by atoms with Crippen LogP contribution in [0.1, 0.15) is 29.5 Å². The van der Waals surface area contributed by atoms with Crippen molar-refractivity contribution in [2.24, 2.45) is 5.92 Å². The summed E-state index contributed by atoms with van der Waals surface area (Å²) >= 11 is 0. The SMILES string of the molecule is Cc1cc(C)c(S(=O)(=O)N2CCC[C@H](C(=O)Nc3ccc(Oc4ccccc4)cc3)C2)c(C)c1. The first-order valence-corrected chi connectivity index (χ1v) is 12.9. The van der Waals surface area contributed by atoms with Crippen LogP contribution in [0.4, 0.5) is 5.69 Å². The molecule has 1 fully saturated rings. The number of sulfonamides is 1. The number of carbonyl (C=O) groups excluding carboxylic acids is 1. The van der Waals surface area contributed by atoms with Crippen LogP contribution in [-0.4, -0.2) is 31.7 Å². The van der Waals surface area contributed by atoms with Gasteiger partial charge in [0.2, 0.25) is 15.9 Å². The minimum absolute atomic E-state index is 0.172. The third kappa shape index (κ3) is 5.32. The van der Waals surface area contributed by atoms with Gasteiger partial charge in [0.05, 0.1) is 10.8 Å². The Kier molecular flexibility index (Phi) is 7.05. The lowest BCUT2D eigenvalue weighted by Crippen LogP contribution is -2.44. The molecule has 1 amide bonds. The number of nitrogens with zero attached hydrogens (tertiary/aromatic N) is 1. The molecular formula is C27H30N2O4S. The monoisotopic (exact) mass is 478 g/mol. The summed E-state index contributed by atoms with van der Waals surface area (Å²) in [5.41, 5.74) is 3.16. The van der Waals surface area contributed by atoms with E-state index in [0.717, 1.165) is 22.4 Å². The van der Waals surface area contributed by atoms with Gasteiger partial charge in [-0.2, -0.15) is 4.31 Å². The summed E-state index contributed by atoms with van der Waals surface area (Å²) in [6.45, 7) is 6.21. The Balaban J connectivity index is 1.43. The first kappa shape index (κ1) is 24.0. The van der Waals surface area contributed by atoms with Crippen LogP contribution in [0, 0.1) is 26.7 Å². The minimum atomic E-state index is -3.68. The zero-order chi connectivity index (χ0) is 24.3. The maximum Gasteiger partial charge on any atom is 0.243 e. The van der Waals surface area contributed by atoms with Crippen molar-refractivity contribution in [3.63, 3.8) is 0 Å². The zero-order valence-corrected chi connectivity index (χ0v) is 20.6. The highest BCUT2D eigenvalue weighted by molar-refractivity contribution is 7.89. The third-order valence-electron chi connectivity index (χ3n) is 6.06. The molecule has 4 rings (SSSR count). The Hall–Kier alpha value is -3.16. The van der Waals surface area contributed by atoms with Crippen molar-refractivity contribution in [3.05, 3.63) is 83.4 Å². The molecule has 3 aromatic rings. The van der Waals surface area contributed by atoms with Gasteiger partial charge in [0.25, 0.3) is 0 Å². The van der Waals surface area contributed by atoms with Crippen LogP contribution in [0.15, 0.2) is 71.6 Å². The molecule has 1 N–H and O–H groups in total. The van der Waals surface area contributed by atoms with Gasteiger partial charge in [0.15, 0.2) is 0 Å². The smallest absolute Gasteiger partial charge is 0.243 e. The summed E-state index contributed by atoms with van der Waals surface area (Å²) in [5.74, 6) is 0.827. The molecule has 1 saturated heterocycles. The Morgan fingerprint density at radius 1 is 0.941 bits per heavy atom. The predicted molar refractivity (Wildman–Crippen MR) is 134 cm³/mol. The van der Waals surface area contributed by atoms with E-state index in [4.69, 9.17) is 4.74 Å². The molecule has 0 radical (unpaired) electrons. The van der Waals surface area contributed by atoms with E-state index in [-0.39, 0.29) is 12.5 Å². The Morgan fingerprint density at radius 3 is 2.21 bits per heavy atom. The lowest BCUT2D eigenvalue weighted by atomic mass is 9.98. The normalized spacial score (nSPS) is 16.7. The van der Waals surface area contributed by atoms with Gasteiger partial charge in [0.1, 0.15) is 11.5 Å². The van der Waals surface area contributed by atoms with Crippen molar-refractivity contribution in [3.8, 4) is 11.5 Å². The largest absolute Gasteiger partial charge is 0.457 e. The van der Waals surface area contributed by atoms with Crippen LogP contribution in [0.25, 0.3) is 0 Å². The van der Waals surface area contributed by atoms with Crippen molar-refractivity contribution in [2.75, 3.05) is 18.4 Å². The summed E-state index contributed by atoms with van der Waals surface area (Å²) in [5, 5.41) is 2.93. The number of piperidine rings is 1. The van der Waals surface area contributed by atoms with E-state index in [9.17, 15) is 13.2 Å². The molecular weight excluding hydrogens is 448 g/mol. The van der Waals surface area contributed by atoms with E-state index < -0.39 is 15.9 Å². The fourth-order valence-electron chi connectivity index (χ4n) is 4.55. The second-order valence-corrected chi connectivity index (χ2v) is 10.7. The van der Waals surface area contributed by atoms with Gasteiger partial charge in [-0.05, 0) is 81.1 Å². The molecule has 1 atom stereocenters. The maximum absolute atomic E-state index is 13.4. The molecule has 1 aliphatic heterocycles. The molecule has 0 aromatic heterocycles. The summed E-state index contributed by atoms with van der Waals surface area (Å²) < 4.78 is 34.1. The van der Waals surface area contributed by atoms with Crippen LogP contribution in [0.2, 0.25) is 0 Å². The Labute approximate surface area is 201 Å². The summed E-state index contributed by atoms with van der Waals surface area (Å²) in [6.07, 6.45) is 1.30. The van der Waals surface area contributed by atoms with E-state index in [2.05, 4.69) is 5.32 Å². The molecule has 178 valence electrons. The van der Waals surface area contributed by atoms with E-state index in [1.54, 1.807) is 24.3 Å². The fourth-order valence-corrected chi connectivity index (χ4v) is 6.49. The van der Waals surface area contributed by atoms with Gasteiger partial charge in [-0.15, -0.1) is 0 Å². The molecule has 0 unspecified atom stereocenters. The molecule has 0 bridgehead atoms. The lowest BCUT2D eigenvalue weighted by molar-refractivity contribution is -0.120. The van der Waals surface area contributed by atoms with Gasteiger partial charge < -0.3 is 10.1 Å². The second kappa shape index (κ2) is 9.99. The van der Waals surface area contributed by atoms with Gasteiger partial charge >= 0.3 is 0 Å². The number of hydrogen-bond donors (Lipinski definition) is 1. The predicted octanol–water partition coefficient (Wildman–Crippen LogP) is 5.44. The molecule has 7 heteroatoms. The number of benzene rings is 3. The number of carbonyl (C=O) groups is 1. The first-order valence-electron chi connectivity index (χ1n) is 11.5. The highest BCUT2D eigenvalue weighted by Crippen LogP contribution is 2.29. The van der Waals surface area contributed by atoms with Gasteiger partial charge in [0, 0.05) is 18.8 Å². The van der Waals surface area contributed by atoms with Crippen molar-refractivity contribution in [1.29, 1.82) is 0 Å². The van der Waals surface area contributed by atoms with E-state index in [0.29, 0.717) is 35.7 Å². The molecule has 1 heterocycles. The molecule has 0 aliphatic carbocycles. The highest BCUT2D eigenvalue weighted by Gasteiger charge is 2.34.